The topological polar surface area (TPSA) is 27.7 Å². The van der Waals surface area contributed by atoms with Crippen LogP contribution in [0.1, 0.15) is 0 Å². The highest BCUT2D eigenvalue weighted by molar-refractivity contribution is 6.58. The van der Waals surface area contributed by atoms with Crippen LogP contribution in [-0.4, -0.2) is 55.1 Å². The molecule has 0 unspecified atom stereocenters. The van der Waals surface area contributed by atoms with Gasteiger partial charge in [0.2, 0.25) is 0 Å². The van der Waals surface area contributed by atoms with Crippen LogP contribution in [0.25, 0.3) is 0 Å². The van der Waals surface area contributed by atoms with E-state index in [1.54, 1.807) is 0 Å². The number of hydrogen-bond donors (Lipinski definition) is 0. The highest BCUT2D eigenvalue weighted by Gasteiger charge is 2.33. The molecule has 3 nitrogen and oxygen atoms in total. The van der Waals surface area contributed by atoms with Gasteiger partial charge < -0.3 is 13.0 Å². The predicted molar refractivity (Wildman–Crippen MR) is 67.2 cm³/mol. The van der Waals surface area contributed by atoms with E-state index in [-0.39, 0.29) is 0 Å². The molecule has 0 amide bonds. The zero-order valence-corrected chi connectivity index (χ0v) is 15.2. The van der Waals surface area contributed by atoms with Gasteiger partial charge in [0, 0.05) is 0 Å². The lowest BCUT2D eigenvalue weighted by Crippen LogP contribution is -2.34. The summed E-state index contributed by atoms with van der Waals surface area (Å²) in [5.74, 6) is 0. The van der Waals surface area contributed by atoms with E-state index in [0.29, 0.717) is 0 Å². The van der Waals surface area contributed by atoms with Crippen molar-refractivity contribution >= 4 is 36.6 Å². The first-order valence-electron chi connectivity index (χ1n) is 5.83. The van der Waals surface area contributed by atoms with Crippen LogP contribution >= 0.6 is 0 Å². The van der Waals surface area contributed by atoms with Gasteiger partial charge in [0.25, 0.3) is 0 Å². The fraction of sp³-hybridized carbons (Fsp3) is 1.00. The van der Waals surface area contributed by atoms with Crippen LogP contribution in [0, 0.1) is 0 Å². The molecule has 132 valence electrons. The van der Waals surface area contributed by atoms with Crippen LogP contribution in [0.4, 0.5) is 39.5 Å². The molecule has 0 saturated carbocycles. The summed E-state index contributed by atoms with van der Waals surface area (Å²) >= 11 is 0. The Labute approximate surface area is 126 Å². The van der Waals surface area contributed by atoms with Crippen LogP contribution in [0.15, 0.2) is 0 Å². The molecule has 0 bridgehead atoms. The molecule has 16 heteroatoms. The normalized spacial score (nSPS) is 15.1. The minimum Gasteiger partial charge on any atom is -0.434 e. The maximum absolute atomic E-state index is 11.9. The summed E-state index contributed by atoms with van der Waals surface area (Å²) in [5.41, 5.74) is 0. The third-order valence-corrected chi connectivity index (χ3v) is 5.76. The maximum Gasteiger partial charge on any atom is 0.605 e. The lowest BCUT2D eigenvalue weighted by atomic mass is 10.3. The minimum absolute atomic E-state index is 1.28. The Kier molecular flexibility index (Phi) is 9.29. The molecule has 0 aromatic carbocycles. The third kappa shape index (κ3) is 16.3. The van der Waals surface area contributed by atoms with E-state index in [0.717, 1.165) is 0 Å². The quantitative estimate of drug-likeness (QED) is 0.432. The molecule has 0 aromatic rings. The van der Waals surface area contributed by atoms with E-state index < -0.39 is 73.3 Å². The molecule has 0 aliphatic carbocycles. The van der Waals surface area contributed by atoms with Crippen LogP contribution in [-0.2, 0) is 13.0 Å². The van der Waals surface area contributed by atoms with Crippen LogP contribution < -0.4 is 0 Å². The summed E-state index contributed by atoms with van der Waals surface area (Å²) in [6.45, 7) is 0. The smallest absolute Gasteiger partial charge is 0.434 e. The Balaban J connectivity index is 4.19. The first-order valence-corrected chi connectivity index (χ1v) is 10.6. The SMILES string of the molecule is FC(F)(F)C[SiH2]OB(O[SiH2]CC(F)(F)F)O[SiH2]CC(F)(F)F. The molecular formula is C6H12BF9O3Si3. The highest BCUT2D eigenvalue weighted by Crippen LogP contribution is 2.22. The third-order valence-electron chi connectivity index (χ3n) is 1.92. The van der Waals surface area contributed by atoms with Crippen molar-refractivity contribution in [2.75, 3.05) is 0 Å². The predicted octanol–water partition coefficient (Wildman–Crippen LogP) is 1.21. The summed E-state index contributed by atoms with van der Waals surface area (Å²) in [7, 11) is -8.62. The Hall–Kier alpha value is -0.0344. The lowest BCUT2D eigenvalue weighted by molar-refractivity contribution is -0.111. The molecule has 0 aromatic heterocycles. The van der Waals surface area contributed by atoms with Crippen molar-refractivity contribution in [3.8, 4) is 0 Å². The first-order chi connectivity index (χ1) is 9.79. The molecule has 0 radical (unpaired) electrons. The van der Waals surface area contributed by atoms with Gasteiger partial charge >= 0.3 is 25.9 Å². The van der Waals surface area contributed by atoms with Gasteiger partial charge in [0.05, 0.1) is 18.1 Å². The fourth-order valence-electron chi connectivity index (χ4n) is 0.957. The Morgan fingerprint density at radius 2 is 0.773 bits per heavy atom. The van der Waals surface area contributed by atoms with Gasteiger partial charge in [-0.2, -0.15) is 39.5 Å². The summed E-state index contributed by atoms with van der Waals surface area (Å²) in [4.78, 5) is 0. The molecule has 0 saturated heterocycles. The van der Waals surface area contributed by atoms with Gasteiger partial charge in [-0.15, -0.1) is 0 Å². The Bertz CT molecular complexity index is 263. The molecule has 0 aliphatic heterocycles. The molecule has 22 heavy (non-hydrogen) atoms. The minimum atomic E-state index is -4.51. The van der Waals surface area contributed by atoms with E-state index in [1.807, 2.05) is 0 Å². The molecule has 0 atom stereocenters. The summed E-state index contributed by atoms with van der Waals surface area (Å²) in [6, 6.07) is -3.84. The lowest BCUT2D eigenvalue weighted by Gasteiger charge is -2.17. The average Bonchev–Trinajstić information content (AvgIpc) is 2.23. The van der Waals surface area contributed by atoms with E-state index >= 15 is 0 Å². The first kappa shape index (κ1) is 22.0. The standard InChI is InChI=1S/C6H12BF9O3Si3/c8-4(9,10)1-20-17-7(18-21-2-5(11,12)13)19-22-3-6(14,15)16/h1-3,20-22H2. The van der Waals surface area contributed by atoms with Crippen LogP contribution in [0.2, 0.25) is 18.1 Å². The van der Waals surface area contributed by atoms with Gasteiger partial charge in [-0.25, -0.2) is 0 Å². The van der Waals surface area contributed by atoms with Gasteiger partial charge in [0.1, 0.15) is 0 Å². The molecular weight excluding hydrogens is 386 g/mol. The summed E-state index contributed by atoms with van der Waals surface area (Å²) in [5, 5.41) is 0. The second kappa shape index (κ2) is 9.31. The Morgan fingerprint density at radius 3 is 0.955 bits per heavy atom. The number of alkyl halides is 9. The van der Waals surface area contributed by atoms with Crippen molar-refractivity contribution in [2.24, 2.45) is 0 Å². The number of hydrogen-bond acceptors (Lipinski definition) is 3. The van der Waals surface area contributed by atoms with Gasteiger partial charge in [0.15, 0.2) is 29.3 Å². The van der Waals surface area contributed by atoms with E-state index in [1.165, 1.54) is 0 Å². The highest BCUT2D eigenvalue weighted by atomic mass is 28.2. The fourth-order valence-corrected chi connectivity index (χ4v) is 3.74. The molecule has 0 rings (SSSR count). The average molecular weight is 398 g/mol. The zero-order chi connectivity index (χ0) is 17.4. The molecule has 0 N–H and O–H groups in total. The van der Waals surface area contributed by atoms with Crippen molar-refractivity contribution < 1.29 is 52.5 Å². The zero-order valence-electron chi connectivity index (χ0n) is 10.9. The van der Waals surface area contributed by atoms with Crippen LogP contribution in [0.5, 0.6) is 0 Å². The van der Waals surface area contributed by atoms with Gasteiger partial charge in [-0.3, -0.25) is 0 Å². The molecule has 0 heterocycles. The largest absolute Gasteiger partial charge is 0.605 e. The van der Waals surface area contributed by atoms with Crippen LogP contribution in [0.3, 0.4) is 0 Å². The second-order valence-electron chi connectivity index (χ2n) is 4.00. The summed E-state index contributed by atoms with van der Waals surface area (Å²) < 4.78 is 121. The van der Waals surface area contributed by atoms with Crippen molar-refractivity contribution in [3.05, 3.63) is 0 Å². The molecule has 0 spiro atoms. The number of rotatable bonds is 9. The van der Waals surface area contributed by atoms with Crippen molar-refractivity contribution in [3.63, 3.8) is 0 Å². The van der Waals surface area contributed by atoms with Gasteiger partial charge in [-0.05, 0) is 0 Å². The molecule has 0 fully saturated rings. The molecule has 0 aliphatic rings. The van der Waals surface area contributed by atoms with Gasteiger partial charge in [-0.1, -0.05) is 0 Å². The second-order valence-corrected chi connectivity index (χ2v) is 7.72. The van der Waals surface area contributed by atoms with E-state index in [9.17, 15) is 39.5 Å². The Morgan fingerprint density at radius 1 is 0.545 bits per heavy atom. The summed E-state index contributed by atoms with van der Waals surface area (Å²) in [6.07, 6.45) is -13.5. The number of halogens is 9. The van der Waals surface area contributed by atoms with Crippen molar-refractivity contribution in [2.45, 2.75) is 36.7 Å². The van der Waals surface area contributed by atoms with E-state index in [2.05, 4.69) is 13.0 Å². The van der Waals surface area contributed by atoms with E-state index in [4.69, 9.17) is 0 Å². The van der Waals surface area contributed by atoms with Crippen molar-refractivity contribution in [1.29, 1.82) is 0 Å². The van der Waals surface area contributed by atoms with Crippen molar-refractivity contribution in [1.82, 2.24) is 0 Å². The maximum atomic E-state index is 11.9. The monoisotopic (exact) mass is 398 g/mol.